The average Bonchev–Trinajstić information content (AvgIpc) is 3.14. The van der Waals surface area contributed by atoms with Gasteiger partial charge in [0.25, 0.3) is 0 Å². The van der Waals surface area contributed by atoms with Crippen LogP contribution in [0.1, 0.15) is 18.2 Å². The quantitative estimate of drug-likeness (QED) is 0.490. The minimum Gasteiger partial charge on any atom is -0.288 e. The van der Waals surface area contributed by atoms with Gasteiger partial charge in [-0.2, -0.15) is 13.2 Å². The molecule has 0 radical (unpaired) electrons. The first-order valence-corrected chi connectivity index (χ1v) is 11.7. The van der Waals surface area contributed by atoms with E-state index in [4.69, 9.17) is 0 Å². The number of rotatable bonds is 3. The second-order valence-electron chi connectivity index (χ2n) is 7.49. The number of benzene rings is 1. The fourth-order valence-electron chi connectivity index (χ4n) is 2.99. The molecule has 1 aromatic carbocycles. The van der Waals surface area contributed by atoms with E-state index in [1.54, 1.807) is 0 Å². The van der Waals surface area contributed by atoms with Crippen molar-refractivity contribution in [3.8, 4) is 11.1 Å². The molecule has 0 aliphatic carbocycles. The van der Waals surface area contributed by atoms with Crippen LogP contribution in [0.4, 0.5) is 32.6 Å². The summed E-state index contributed by atoms with van der Waals surface area (Å²) in [5.41, 5.74) is -1.53. The number of thiophene rings is 1. The number of halogens is 8. The molecular formula is C18H15F8N3O2S2. The Morgan fingerprint density at radius 1 is 1.15 bits per heavy atom. The number of aliphatic imine (C=N–C) groups is 1. The molecule has 0 bridgehead atoms. The van der Waals surface area contributed by atoms with E-state index in [0.29, 0.717) is 6.07 Å². The fourth-order valence-corrected chi connectivity index (χ4v) is 4.70. The molecule has 1 N–H and O–H groups in total. The van der Waals surface area contributed by atoms with Gasteiger partial charge in [0.15, 0.2) is 0 Å². The highest BCUT2D eigenvalue weighted by Crippen LogP contribution is 3.02. The van der Waals surface area contributed by atoms with Crippen LogP contribution >= 0.6 is 21.6 Å². The first-order chi connectivity index (χ1) is 14.7. The van der Waals surface area contributed by atoms with Gasteiger partial charge in [0.1, 0.15) is 10.4 Å². The number of hydrogen-bond acceptors (Lipinski definition) is 4. The first-order valence-electron chi connectivity index (χ1n) is 8.88. The summed E-state index contributed by atoms with van der Waals surface area (Å²) in [5, 5.41) is 2.87. The van der Waals surface area contributed by atoms with Gasteiger partial charge in [0.05, 0.1) is 6.42 Å². The van der Waals surface area contributed by atoms with Crippen molar-refractivity contribution in [3.63, 3.8) is 0 Å². The van der Waals surface area contributed by atoms with E-state index in [1.807, 2.05) is 0 Å². The minimum absolute atomic E-state index is 0.113. The van der Waals surface area contributed by atoms with E-state index in [0.717, 1.165) is 29.4 Å². The van der Waals surface area contributed by atoms with Gasteiger partial charge in [-0.05, 0) is 41.6 Å². The Labute approximate surface area is 185 Å². The molecule has 182 valence electrons. The molecule has 3 rings (SSSR count). The number of carbonyl (C=O) groups excluding carboxylic acids is 2. The average molecular weight is 521 g/mol. The number of guanidine groups is 1. The number of nitrogens with one attached hydrogen (secondary N) is 1. The lowest BCUT2D eigenvalue weighted by Gasteiger charge is -2.40. The summed E-state index contributed by atoms with van der Waals surface area (Å²) in [5.74, 6) is -3.68. The second kappa shape index (κ2) is 6.91. The maximum atomic E-state index is 13.1. The molecule has 2 heterocycles. The van der Waals surface area contributed by atoms with Crippen molar-refractivity contribution in [3.05, 3.63) is 40.6 Å². The number of amides is 2. The van der Waals surface area contributed by atoms with Crippen molar-refractivity contribution >= 4 is 39.3 Å². The topological polar surface area (TPSA) is 61.8 Å². The SMILES string of the molecule is CN1C(=O)C[C@@](C)(c2cc(-c3cccc(S(F)(F)(F)(F)F)c3)cs2)N=C1NC(=O)C(F)(F)F. The Balaban J connectivity index is 2.00. The molecule has 0 saturated carbocycles. The smallest absolute Gasteiger partial charge is 0.288 e. The van der Waals surface area contributed by atoms with Crippen LogP contribution in [0.3, 0.4) is 0 Å². The van der Waals surface area contributed by atoms with E-state index in [9.17, 15) is 42.2 Å². The zero-order valence-corrected chi connectivity index (χ0v) is 18.4. The Kier molecular flexibility index (Phi) is 5.23. The van der Waals surface area contributed by atoms with Crippen LogP contribution in [-0.4, -0.2) is 35.9 Å². The summed E-state index contributed by atoms with van der Waals surface area (Å²) < 4.78 is 104. The molecule has 1 atom stereocenters. The summed E-state index contributed by atoms with van der Waals surface area (Å²) in [7, 11) is -8.80. The van der Waals surface area contributed by atoms with Crippen molar-refractivity contribution in [1.29, 1.82) is 0 Å². The third-order valence-corrected chi connectivity index (χ3v) is 7.09. The van der Waals surface area contributed by atoms with Crippen LogP contribution in [0.2, 0.25) is 0 Å². The number of alkyl halides is 3. The molecule has 33 heavy (non-hydrogen) atoms. The van der Waals surface area contributed by atoms with Gasteiger partial charge in [-0.3, -0.25) is 19.8 Å². The van der Waals surface area contributed by atoms with Gasteiger partial charge < -0.3 is 0 Å². The molecule has 1 aliphatic rings. The van der Waals surface area contributed by atoms with Gasteiger partial charge in [-0.25, -0.2) is 4.99 Å². The second-order valence-corrected chi connectivity index (χ2v) is 10.8. The van der Waals surface area contributed by atoms with Gasteiger partial charge in [0.2, 0.25) is 11.9 Å². The number of nitrogens with zero attached hydrogens (tertiary/aromatic N) is 2. The van der Waals surface area contributed by atoms with Crippen molar-refractivity contribution in [2.24, 2.45) is 4.99 Å². The molecule has 0 unspecified atom stereocenters. The zero-order valence-electron chi connectivity index (χ0n) is 16.7. The Morgan fingerprint density at radius 3 is 2.36 bits per heavy atom. The summed E-state index contributed by atoms with van der Waals surface area (Å²) >= 11 is 0.919. The van der Waals surface area contributed by atoms with Crippen molar-refractivity contribution < 1.29 is 42.2 Å². The lowest BCUT2D eigenvalue weighted by Crippen LogP contribution is -2.53. The molecule has 0 saturated heterocycles. The molecule has 15 heteroatoms. The van der Waals surface area contributed by atoms with Crippen LogP contribution < -0.4 is 5.32 Å². The van der Waals surface area contributed by atoms with E-state index < -0.39 is 44.6 Å². The highest BCUT2D eigenvalue weighted by Gasteiger charge is 2.65. The molecule has 0 fully saturated rings. The summed E-state index contributed by atoms with van der Waals surface area (Å²) in [6.07, 6.45) is -5.55. The summed E-state index contributed by atoms with van der Waals surface area (Å²) in [6, 6.07) is 3.87. The molecule has 2 amide bonds. The minimum atomic E-state index is -9.91. The highest BCUT2D eigenvalue weighted by molar-refractivity contribution is 8.45. The van der Waals surface area contributed by atoms with Crippen LogP contribution in [-0.2, 0) is 15.1 Å². The van der Waals surface area contributed by atoms with E-state index in [1.165, 1.54) is 29.8 Å². The van der Waals surface area contributed by atoms with E-state index >= 15 is 0 Å². The Hall–Kier alpha value is -2.68. The standard InChI is InChI=1S/C18H15F8N3O2S2/c1-17(8-14(30)29(2)16(28-17)27-15(31)18(19,20)21)13-7-11(9-32-13)10-4-3-5-12(6-10)33(22,23,24,25)26/h3-7,9H,8H2,1-2H3,(H,27,28,31)/t17-/m0/s1. The Bertz CT molecular complexity index is 1170. The van der Waals surface area contributed by atoms with E-state index in [2.05, 4.69) is 4.99 Å². The number of carbonyl (C=O) groups is 2. The van der Waals surface area contributed by atoms with Gasteiger partial charge in [0, 0.05) is 11.9 Å². The van der Waals surface area contributed by atoms with Crippen LogP contribution in [0.25, 0.3) is 11.1 Å². The maximum Gasteiger partial charge on any atom is 0.471 e. The maximum absolute atomic E-state index is 13.1. The third kappa shape index (κ3) is 5.29. The zero-order chi connectivity index (χ0) is 25.1. The normalized spacial score (nSPS) is 21.8. The molecular weight excluding hydrogens is 506 g/mol. The molecule has 5 nitrogen and oxygen atoms in total. The van der Waals surface area contributed by atoms with Crippen LogP contribution in [0.5, 0.6) is 0 Å². The largest absolute Gasteiger partial charge is 0.471 e. The lowest BCUT2D eigenvalue weighted by molar-refractivity contribution is -0.172. The summed E-state index contributed by atoms with van der Waals surface area (Å²) in [4.78, 5) is 26.6. The van der Waals surface area contributed by atoms with Crippen molar-refractivity contribution in [2.75, 3.05) is 7.05 Å². The Morgan fingerprint density at radius 2 is 1.79 bits per heavy atom. The van der Waals surface area contributed by atoms with Gasteiger partial charge >= 0.3 is 22.3 Å². The lowest BCUT2D eigenvalue weighted by atomic mass is 9.93. The van der Waals surface area contributed by atoms with Crippen LogP contribution in [0.15, 0.2) is 45.6 Å². The highest BCUT2D eigenvalue weighted by atomic mass is 32.5. The predicted octanol–water partition coefficient (Wildman–Crippen LogP) is 6.18. The fraction of sp³-hybridized carbons (Fsp3) is 0.278. The van der Waals surface area contributed by atoms with Gasteiger partial charge in [-0.15, -0.1) is 11.3 Å². The van der Waals surface area contributed by atoms with E-state index in [-0.39, 0.29) is 28.5 Å². The monoisotopic (exact) mass is 521 g/mol. The third-order valence-electron chi connectivity index (χ3n) is 4.77. The number of hydrogen-bond donors (Lipinski definition) is 1. The molecule has 1 aromatic heterocycles. The van der Waals surface area contributed by atoms with Crippen molar-refractivity contribution in [1.82, 2.24) is 10.2 Å². The molecule has 2 aromatic rings. The van der Waals surface area contributed by atoms with Crippen LogP contribution in [0, 0.1) is 0 Å². The summed E-state index contributed by atoms with van der Waals surface area (Å²) in [6.45, 7) is 1.39. The van der Waals surface area contributed by atoms with Crippen molar-refractivity contribution in [2.45, 2.75) is 30.0 Å². The molecule has 0 spiro atoms. The van der Waals surface area contributed by atoms with Gasteiger partial charge in [-0.1, -0.05) is 31.6 Å². The molecule has 1 aliphatic heterocycles. The first kappa shape index (κ1) is 25.0. The predicted molar refractivity (Wildman–Crippen MR) is 108 cm³/mol.